The SMILES string of the molecule is CCCCCCCC/C=C\CCCCCCCCCCCCC(CCCCCCCCCCCCC)OCC(O)CO. The number of hydrogen-bond acceptors (Lipinski definition) is 3. The lowest BCUT2D eigenvalue weighted by atomic mass is 10.0. The van der Waals surface area contributed by atoms with Crippen LogP contribution in [0.3, 0.4) is 0 Å². The largest absolute Gasteiger partial charge is 0.394 e. The second kappa shape index (κ2) is 36.8. The summed E-state index contributed by atoms with van der Waals surface area (Å²) in [5.74, 6) is 0. The smallest absolute Gasteiger partial charge is 0.100 e. The Balaban J connectivity index is 3.62. The Bertz CT molecular complexity index is 506. The maximum atomic E-state index is 9.73. The van der Waals surface area contributed by atoms with Gasteiger partial charge in [-0.05, 0) is 38.5 Å². The first kappa shape index (κ1) is 41.6. The number of hydrogen-bond donors (Lipinski definition) is 2. The average Bonchev–Trinajstić information content (AvgIpc) is 3.00. The fourth-order valence-electron chi connectivity index (χ4n) is 5.97. The van der Waals surface area contributed by atoms with Crippen molar-refractivity contribution < 1.29 is 14.9 Å². The van der Waals surface area contributed by atoms with Gasteiger partial charge >= 0.3 is 0 Å². The monoisotopic (exact) mass is 595 g/mol. The van der Waals surface area contributed by atoms with Crippen LogP contribution in [-0.2, 0) is 4.74 Å². The number of allylic oxidation sites excluding steroid dienone is 2. The molecule has 0 aliphatic rings. The molecule has 3 heteroatoms. The standard InChI is InChI=1S/C39H78O3/c1-3-5-7-9-11-13-15-16-17-18-19-20-21-22-23-25-27-29-31-33-35-39(42-37-38(41)36-40)34-32-30-28-26-24-14-12-10-8-6-4-2/h16-17,38-41H,3-15,18-37H2,1-2H3/b17-16-. The molecule has 0 fully saturated rings. The maximum Gasteiger partial charge on any atom is 0.100 e. The molecule has 0 aromatic rings. The molecule has 0 aliphatic carbocycles. The van der Waals surface area contributed by atoms with Gasteiger partial charge in [-0.2, -0.15) is 0 Å². The zero-order valence-electron chi connectivity index (χ0n) is 28.9. The van der Waals surface area contributed by atoms with E-state index in [1.807, 2.05) is 0 Å². The maximum absolute atomic E-state index is 9.73. The summed E-state index contributed by atoms with van der Waals surface area (Å²) in [7, 11) is 0. The van der Waals surface area contributed by atoms with Crippen molar-refractivity contribution in [1.82, 2.24) is 0 Å². The van der Waals surface area contributed by atoms with Crippen LogP contribution in [0.25, 0.3) is 0 Å². The third kappa shape index (κ3) is 34.1. The molecular weight excluding hydrogens is 516 g/mol. The van der Waals surface area contributed by atoms with Crippen LogP contribution in [0.15, 0.2) is 12.2 Å². The van der Waals surface area contributed by atoms with Gasteiger partial charge in [-0.3, -0.25) is 0 Å². The summed E-state index contributed by atoms with van der Waals surface area (Å²) >= 11 is 0. The molecule has 2 N–H and O–H groups in total. The lowest BCUT2D eigenvalue weighted by Gasteiger charge is -2.19. The van der Waals surface area contributed by atoms with E-state index < -0.39 is 6.10 Å². The Morgan fingerprint density at radius 1 is 0.452 bits per heavy atom. The van der Waals surface area contributed by atoms with Crippen LogP contribution in [0.1, 0.15) is 213 Å². The molecule has 0 amide bonds. The molecule has 0 aromatic heterocycles. The van der Waals surface area contributed by atoms with Crippen LogP contribution in [0.2, 0.25) is 0 Å². The first-order valence-electron chi connectivity index (χ1n) is 19.3. The lowest BCUT2D eigenvalue weighted by Crippen LogP contribution is -2.24. The van der Waals surface area contributed by atoms with Crippen molar-refractivity contribution in [2.24, 2.45) is 0 Å². The van der Waals surface area contributed by atoms with Crippen LogP contribution >= 0.6 is 0 Å². The Morgan fingerprint density at radius 3 is 1.10 bits per heavy atom. The molecule has 252 valence electrons. The summed E-state index contributed by atoms with van der Waals surface area (Å²) < 4.78 is 6.01. The highest BCUT2D eigenvalue weighted by Gasteiger charge is 2.12. The summed E-state index contributed by atoms with van der Waals surface area (Å²) in [5.41, 5.74) is 0. The second-order valence-electron chi connectivity index (χ2n) is 13.3. The Hall–Kier alpha value is -0.380. The van der Waals surface area contributed by atoms with Gasteiger partial charge in [0, 0.05) is 0 Å². The first-order valence-corrected chi connectivity index (χ1v) is 19.3. The van der Waals surface area contributed by atoms with Crippen LogP contribution in [-0.4, -0.2) is 35.6 Å². The normalized spacial score (nSPS) is 13.3. The third-order valence-corrected chi connectivity index (χ3v) is 8.90. The molecule has 0 aliphatic heterocycles. The van der Waals surface area contributed by atoms with Crippen molar-refractivity contribution >= 4 is 0 Å². The minimum absolute atomic E-state index is 0.207. The van der Waals surface area contributed by atoms with E-state index >= 15 is 0 Å². The molecule has 0 radical (unpaired) electrons. The van der Waals surface area contributed by atoms with E-state index in [9.17, 15) is 5.11 Å². The van der Waals surface area contributed by atoms with Crippen molar-refractivity contribution in [2.75, 3.05) is 13.2 Å². The molecule has 0 rings (SSSR count). The highest BCUT2D eigenvalue weighted by Crippen LogP contribution is 2.18. The van der Waals surface area contributed by atoms with E-state index in [0.29, 0.717) is 0 Å². The van der Waals surface area contributed by atoms with Gasteiger partial charge in [0.15, 0.2) is 0 Å². The van der Waals surface area contributed by atoms with Crippen LogP contribution in [0.5, 0.6) is 0 Å². The quantitative estimate of drug-likeness (QED) is 0.0560. The molecule has 0 bridgehead atoms. The summed E-state index contributed by atoms with van der Waals surface area (Å²) in [5, 5.41) is 18.9. The number of aliphatic hydroxyl groups is 2. The zero-order valence-corrected chi connectivity index (χ0v) is 28.9. The van der Waals surface area contributed by atoms with Gasteiger partial charge in [0.2, 0.25) is 0 Å². The first-order chi connectivity index (χ1) is 20.7. The molecule has 2 atom stereocenters. The van der Waals surface area contributed by atoms with Crippen molar-refractivity contribution in [3.8, 4) is 0 Å². The summed E-state index contributed by atoms with van der Waals surface area (Å²) in [4.78, 5) is 0. The lowest BCUT2D eigenvalue weighted by molar-refractivity contribution is -0.0350. The molecule has 0 spiro atoms. The fraction of sp³-hybridized carbons (Fsp3) is 0.949. The van der Waals surface area contributed by atoms with Gasteiger partial charge in [0.25, 0.3) is 0 Å². The van der Waals surface area contributed by atoms with E-state index in [-0.39, 0.29) is 19.3 Å². The summed E-state index contributed by atoms with van der Waals surface area (Å²) in [6.07, 6.45) is 46.1. The topological polar surface area (TPSA) is 49.7 Å². The molecule has 2 unspecified atom stereocenters. The van der Waals surface area contributed by atoms with Crippen molar-refractivity contribution in [3.05, 3.63) is 12.2 Å². The number of unbranched alkanes of at least 4 members (excludes halogenated alkanes) is 26. The zero-order chi connectivity index (χ0) is 30.6. The number of aliphatic hydroxyl groups excluding tert-OH is 2. The van der Waals surface area contributed by atoms with E-state index in [2.05, 4.69) is 26.0 Å². The predicted octanol–water partition coefficient (Wildman–Crippen LogP) is 12.4. The molecule has 0 heterocycles. The summed E-state index contributed by atoms with van der Waals surface area (Å²) in [6, 6.07) is 0. The summed E-state index contributed by atoms with van der Waals surface area (Å²) in [6.45, 7) is 4.64. The number of ether oxygens (including phenoxy) is 1. The Kier molecular flexibility index (Phi) is 36.5. The average molecular weight is 595 g/mol. The third-order valence-electron chi connectivity index (χ3n) is 8.90. The minimum Gasteiger partial charge on any atom is -0.394 e. The van der Waals surface area contributed by atoms with Crippen LogP contribution < -0.4 is 0 Å². The van der Waals surface area contributed by atoms with Crippen LogP contribution in [0, 0.1) is 0 Å². The van der Waals surface area contributed by atoms with E-state index in [1.165, 1.54) is 186 Å². The molecule has 0 saturated heterocycles. The molecule has 0 aromatic carbocycles. The van der Waals surface area contributed by atoms with Gasteiger partial charge in [-0.25, -0.2) is 0 Å². The molecule has 3 nitrogen and oxygen atoms in total. The Labute approximate surface area is 265 Å². The van der Waals surface area contributed by atoms with Crippen LogP contribution in [0.4, 0.5) is 0 Å². The van der Waals surface area contributed by atoms with Gasteiger partial charge in [0.05, 0.1) is 19.3 Å². The fourth-order valence-corrected chi connectivity index (χ4v) is 5.97. The van der Waals surface area contributed by atoms with Gasteiger partial charge < -0.3 is 14.9 Å². The van der Waals surface area contributed by atoms with E-state index in [0.717, 1.165) is 12.8 Å². The molecule has 42 heavy (non-hydrogen) atoms. The van der Waals surface area contributed by atoms with Gasteiger partial charge in [-0.1, -0.05) is 187 Å². The predicted molar refractivity (Wildman–Crippen MR) is 186 cm³/mol. The van der Waals surface area contributed by atoms with Crippen molar-refractivity contribution in [2.45, 2.75) is 225 Å². The van der Waals surface area contributed by atoms with E-state index in [4.69, 9.17) is 9.84 Å². The van der Waals surface area contributed by atoms with E-state index in [1.54, 1.807) is 0 Å². The highest BCUT2D eigenvalue weighted by molar-refractivity contribution is 4.81. The second-order valence-corrected chi connectivity index (χ2v) is 13.3. The van der Waals surface area contributed by atoms with Gasteiger partial charge in [-0.15, -0.1) is 0 Å². The minimum atomic E-state index is -0.740. The van der Waals surface area contributed by atoms with Crippen molar-refractivity contribution in [3.63, 3.8) is 0 Å². The highest BCUT2D eigenvalue weighted by atomic mass is 16.5. The van der Waals surface area contributed by atoms with Gasteiger partial charge in [0.1, 0.15) is 6.10 Å². The number of rotatable bonds is 36. The molecule has 0 saturated carbocycles. The molecular formula is C39H78O3. The van der Waals surface area contributed by atoms with Crippen molar-refractivity contribution in [1.29, 1.82) is 0 Å². The Morgan fingerprint density at radius 2 is 0.762 bits per heavy atom.